The van der Waals surface area contributed by atoms with Crippen LogP contribution in [-0.4, -0.2) is 20.0 Å². The molecule has 0 saturated carbocycles. The maximum atomic E-state index is 13.0. The average molecular weight is 272 g/mol. The summed E-state index contributed by atoms with van der Waals surface area (Å²) < 4.78 is 13.0. The van der Waals surface area contributed by atoms with Gasteiger partial charge in [0.2, 0.25) is 0 Å². The van der Waals surface area contributed by atoms with E-state index in [-0.39, 0.29) is 11.7 Å². The Morgan fingerprint density at radius 3 is 2.60 bits per heavy atom. The fourth-order valence-corrected chi connectivity index (χ4v) is 1.86. The van der Waals surface area contributed by atoms with E-state index in [2.05, 4.69) is 5.32 Å². The molecule has 2 aromatic rings. The number of rotatable bonds is 4. The fraction of sp³-hybridized carbons (Fsp3) is 0.188. The molecule has 0 atom stereocenters. The maximum absolute atomic E-state index is 13.0. The predicted molar refractivity (Wildman–Crippen MR) is 78.3 cm³/mol. The summed E-state index contributed by atoms with van der Waals surface area (Å²) in [7, 11) is 3.84. The molecule has 104 valence electrons. The van der Waals surface area contributed by atoms with E-state index in [1.54, 1.807) is 18.2 Å². The lowest BCUT2D eigenvalue weighted by atomic mass is 10.1. The van der Waals surface area contributed by atoms with Crippen LogP contribution in [0, 0.1) is 5.82 Å². The lowest BCUT2D eigenvalue weighted by molar-refractivity contribution is 0.0951. The van der Waals surface area contributed by atoms with E-state index in [9.17, 15) is 9.18 Å². The fourth-order valence-electron chi connectivity index (χ4n) is 1.86. The third-order valence-electron chi connectivity index (χ3n) is 2.97. The van der Waals surface area contributed by atoms with E-state index < -0.39 is 0 Å². The van der Waals surface area contributed by atoms with Crippen LogP contribution in [0.2, 0.25) is 0 Å². The van der Waals surface area contributed by atoms with Crippen LogP contribution in [0.1, 0.15) is 15.9 Å². The Kier molecular flexibility index (Phi) is 4.35. The van der Waals surface area contributed by atoms with E-state index in [1.165, 1.54) is 12.1 Å². The van der Waals surface area contributed by atoms with Gasteiger partial charge in [0, 0.05) is 31.9 Å². The van der Waals surface area contributed by atoms with Crippen molar-refractivity contribution in [3.63, 3.8) is 0 Å². The summed E-state index contributed by atoms with van der Waals surface area (Å²) in [5.41, 5.74) is 2.29. The van der Waals surface area contributed by atoms with Crippen LogP contribution >= 0.6 is 0 Å². The molecule has 0 aliphatic heterocycles. The van der Waals surface area contributed by atoms with Gasteiger partial charge in [-0.3, -0.25) is 4.79 Å². The quantitative estimate of drug-likeness (QED) is 0.928. The average Bonchev–Trinajstić information content (AvgIpc) is 2.45. The third-order valence-corrected chi connectivity index (χ3v) is 2.97. The lowest BCUT2D eigenvalue weighted by Gasteiger charge is -2.13. The van der Waals surface area contributed by atoms with Gasteiger partial charge in [-0.2, -0.15) is 0 Å². The summed E-state index contributed by atoms with van der Waals surface area (Å²) in [5.74, 6) is -0.468. The van der Waals surface area contributed by atoms with Gasteiger partial charge in [0.05, 0.1) is 0 Å². The highest BCUT2D eigenvalue weighted by Gasteiger charge is 2.07. The van der Waals surface area contributed by atoms with E-state index >= 15 is 0 Å². The van der Waals surface area contributed by atoms with Gasteiger partial charge in [0.15, 0.2) is 0 Å². The monoisotopic (exact) mass is 272 g/mol. The number of nitrogens with zero attached hydrogens (tertiary/aromatic N) is 1. The molecule has 3 nitrogen and oxygen atoms in total. The van der Waals surface area contributed by atoms with Crippen molar-refractivity contribution in [3.05, 3.63) is 65.5 Å². The van der Waals surface area contributed by atoms with Gasteiger partial charge in [-0.15, -0.1) is 0 Å². The van der Waals surface area contributed by atoms with Gasteiger partial charge in [0.1, 0.15) is 5.82 Å². The molecule has 0 bridgehead atoms. The number of hydrogen-bond acceptors (Lipinski definition) is 2. The Morgan fingerprint density at radius 1 is 1.15 bits per heavy atom. The zero-order chi connectivity index (χ0) is 14.5. The molecule has 0 saturated heterocycles. The minimum Gasteiger partial charge on any atom is -0.378 e. The van der Waals surface area contributed by atoms with Gasteiger partial charge in [-0.25, -0.2) is 4.39 Å². The molecule has 0 unspecified atom stereocenters. The van der Waals surface area contributed by atoms with Crippen LogP contribution < -0.4 is 10.2 Å². The van der Waals surface area contributed by atoms with Crippen molar-refractivity contribution in [2.24, 2.45) is 0 Å². The number of amides is 1. The molecule has 1 amide bonds. The van der Waals surface area contributed by atoms with E-state index in [0.717, 1.165) is 11.3 Å². The normalized spacial score (nSPS) is 10.2. The van der Waals surface area contributed by atoms with Gasteiger partial charge >= 0.3 is 0 Å². The van der Waals surface area contributed by atoms with Gasteiger partial charge in [0.25, 0.3) is 5.91 Å². The Hall–Kier alpha value is -2.36. The number of nitrogens with one attached hydrogen (secondary N) is 1. The Balaban J connectivity index is 2.03. The summed E-state index contributed by atoms with van der Waals surface area (Å²) in [6.07, 6.45) is 0. The zero-order valence-electron chi connectivity index (χ0n) is 11.6. The molecule has 2 rings (SSSR count). The molecule has 1 N–H and O–H groups in total. The first-order valence-electron chi connectivity index (χ1n) is 6.36. The summed E-state index contributed by atoms with van der Waals surface area (Å²) >= 11 is 0. The van der Waals surface area contributed by atoms with E-state index in [0.29, 0.717) is 12.1 Å². The highest BCUT2D eigenvalue weighted by molar-refractivity contribution is 5.95. The van der Waals surface area contributed by atoms with Crippen LogP contribution in [0.3, 0.4) is 0 Å². The standard InChI is InChI=1S/C16H17FN2O/c1-19(2)15-8-4-6-13(10-15)16(20)18-11-12-5-3-7-14(17)9-12/h3-10H,11H2,1-2H3,(H,18,20). The molecule has 0 aromatic heterocycles. The van der Waals surface area contributed by atoms with Crippen molar-refractivity contribution < 1.29 is 9.18 Å². The molecule has 20 heavy (non-hydrogen) atoms. The van der Waals surface area contributed by atoms with Gasteiger partial charge in [-0.05, 0) is 35.9 Å². The van der Waals surface area contributed by atoms with Crippen LogP contribution in [0.4, 0.5) is 10.1 Å². The largest absolute Gasteiger partial charge is 0.378 e. The first-order chi connectivity index (χ1) is 9.56. The maximum Gasteiger partial charge on any atom is 0.251 e. The Morgan fingerprint density at radius 2 is 1.90 bits per heavy atom. The zero-order valence-corrected chi connectivity index (χ0v) is 11.6. The molecule has 2 aromatic carbocycles. The van der Waals surface area contributed by atoms with Gasteiger partial charge in [-0.1, -0.05) is 18.2 Å². The first-order valence-corrected chi connectivity index (χ1v) is 6.36. The second-order valence-corrected chi connectivity index (χ2v) is 4.76. The summed E-state index contributed by atoms with van der Waals surface area (Å²) in [6, 6.07) is 13.6. The van der Waals surface area contributed by atoms with Crippen molar-refractivity contribution in [1.82, 2.24) is 5.32 Å². The lowest BCUT2D eigenvalue weighted by Crippen LogP contribution is -2.23. The van der Waals surface area contributed by atoms with E-state index in [4.69, 9.17) is 0 Å². The van der Waals surface area contributed by atoms with Crippen molar-refractivity contribution in [2.75, 3.05) is 19.0 Å². The Labute approximate surface area is 118 Å². The van der Waals surface area contributed by atoms with Crippen LogP contribution in [-0.2, 0) is 6.54 Å². The Bertz CT molecular complexity index is 611. The molecule has 0 fully saturated rings. The van der Waals surface area contributed by atoms with Crippen molar-refractivity contribution in [3.8, 4) is 0 Å². The minimum absolute atomic E-state index is 0.169. The molecular formula is C16H17FN2O. The van der Waals surface area contributed by atoms with Crippen LogP contribution in [0.15, 0.2) is 48.5 Å². The number of carbonyl (C=O) groups is 1. The van der Waals surface area contributed by atoms with Crippen LogP contribution in [0.5, 0.6) is 0 Å². The van der Waals surface area contributed by atoms with Crippen molar-refractivity contribution >= 4 is 11.6 Å². The second kappa shape index (κ2) is 6.19. The van der Waals surface area contributed by atoms with Gasteiger partial charge < -0.3 is 10.2 Å². The summed E-state index contributed by atoms with van der Waals surface area (Å²) in [4.78, 5) is 14.0. The minimum atomic E-state index is -0.300. The molecule has 0 aliphatic rings. The second-order valence-electron chi connectivity index (χ2n) is 4.76. The molecule has 0 spiro atoms. The number of halogens is 1. The highest BCUT2D eigenvalue weighted by atomic mass is 19.1. The van der Waals surface area contributed by atoms with E-state index in [1.807, 2.05) is 37.2 Å². The predicted octanol–water partition coefficient (Wildman–Crippen LogP) is 2.82. The topological polar surface area (TPSA) is 32.3 Å². The van der Waals surface area contributed by atoms with Crippen molar-refractivity contribution in [2.45, 2.75) is 6.54 Å². The number of benzene rings is 2. The molecule has 0 radical (unpaired) electrons. The number of hydrogen-bond donors (Lipinski definition) is 1. The van der Waals surface area contributed by atoms with Crippen LogP contribution in [0.25, 0.3) is 0 Å². The SMILES string of the molecule is CN(C)c1cccc(C(=O)NCc2cccc(F)c2)c1. The molecule has 0 heterocycles. The third kappa shape index (κ3) is 3.57. The highest BCUT2D eigenvalue weighted by Crippen LogP contribution is 2.13. The number of anilines is 1. The number of carbonyl (C=O) groups excluding carboxylic acids is 1. The summed E-state index contributed by atoms with van der Waals surface area (Å²) in [6.45, 7) is 0.308. The summed E-state index contributed by atoms with van der Waals surface area (Å²) in [5, 5.41) is 2.78. The molecule has 4 heteroatoms. The molecular weight excluding hydrogens is 255 g/mol. The smallest absolute Gasteiger partial charge is 0.251 e. The molecule has 0 aliphatic carbocycles. The first kappa shape index (κ1) is 14.1. The van der Waals surface area contributed by atoms with Crippen molar-refractivity contribution in [1.29, 1.82) is 0 Å².